The average molecular weight is 658 g/mol. The van der Waals surface area contributed by atoms with Crippen molar-refractivity contribution in [2.45, 2.75) is 50.3 Å². The van der Waals surface area contributed by atoms with Crippen molar-refractivity contribution >= 4 is 26.6 Å². The van der Waals surface area contributed by atoms with E-state index in [0.29, 0.717) is 34.9 Å². The number of pyridine rings is 1. The summed E-state index contributed by atoms with van der Waals surface area (Å²) in [4.78, 5) is 6.30. The third-order valence-electron chi connectivity index (χ3n) is 8.02. The Balaban J connectivity index is 1.30. The quantitative estimate of drug-likeness (QED) is 0.146. The van der Waals surface area contributed by atoms with E-state index in [1.165, 1.54) is 57.3 Å². The molecule has 1 atom stereocenters. The molecule has 8 nitrogen and oxygen atoms in total. The van der Waals surface area contributed by atoms with Crippen molar-refractivity contribution in [3.05, 3.63) is 78.2 Å². The minimum atomic E-state index is -4.46. The first kappa shape index (κ1) is 33.3. The number of nitrogens with zero attached hydrogens (tertiary/aromatic N) is 2. The van der Waals surface area contributed by atoms with Gasteiger partial charge in [0.15, 0.2) is 23.1 Å². The Morgan fingerprint density at radius 1 is 1.04 bits per heavy atom. The van der Waals surface area contributed by atoms with Gasteiger partial charge in [-0.1, -0.05) is 32.0 Å². The van der Waals surface area contributed by atoms with E-state index in [1.54, 1.807) is 18.2 Å². The molecule has 2 heterocycles. The fraction of sp³-hybridized carbons (Fsp3) is 0.382. The van der Waals surface area contributed by atoms with Gasteiger partial charge in [-0.05, 0) is 62.1 Å². The summed E-state index contributed by atoms with van der Waals surface area (Å²) in [6.07, 6.45) is 4.31. The van der Waals surface area contributed by atoms with Crippen LogP contribution in [0.25, 0.3) is 10.9 Å². The van der Waals surface area contributed by atoms with Gasteiger partial charge in [0.2, 0.25) is 0 Å². The maximum absolute atomic E-state index is 15.2. The Hall–Kier alpha value is -4.03. The van der Waals surface area contributed by atoms with E-state index in [9.17, 15) is 17.2 Å². The van der Waals surface area contributed by atoms with E-state index in [4.69, 9.17) is 14.2 Å². The van der Waals surface area contributed by atoms with E-state index in [-0.39, 0.29) is 17.2 Å². The van der Waals surface area contributed by atoms with Crippen molar-refractivity contribution in [3.63, 3.8) is 0 Å². The molecule has 0 spiro atoms. The van der Waals surface area contributed by atoms with Crippen molar-refractivity contribution in [1.29, 1.82) is 0 Å². The summed E-state index contributed by atoms with van der Waals surface area (Å²) in [6, 6.07) is 13.3. The molecule has 12 heteroatoms. The number of rotatable bonds is 13. The third-order valence-corrected chi connectivity index (χ3v) is 9.46. The molecule has 3 aromatic carbocycles. The lowest BCUT2D eigenvalue weighted by Crippen LogP contribution is -2.35. The second-order valence-corrected chi connectivity index (χ2v) is 13.1. The number of anilines is 1. The zero-order valence-electron chi connectivity index (χ0n) is 26.1. The minimum absolute atomic E-state index is 0.155. The van der Waals surface area contributed by atoms with E-state index < -0.39 is 38.6 Å². The zero-order valence-corrected chi connectivity index (χ0v) is 26.9. The van der Waals surface area contributed by atoms with Gasteiger partial charge in [-0.3, -0.25) is 9.71 Å². The summed E-state index contributed by atoms with van der Waals surface area (Å²) < 4.78 is 90.0. The maximum Gasteiger partial charge on any atom is 0.274 e. The summed E-state index contributed by atoms with van der Waals surface area (Å²) in [5.41, 5.74) is -0.242. The lowest BCUT2D eigenvalue weighted by atomic mass is 10.0. The van der Waals surface area contributed by atoms with Gasteiger partial charge in [0.25, 0.3) is 15.9 Å². The van der Waals surface area contributed by atoms with E-state index >= 15 is 4.39 Å². The van der Waals surface area contributed by atoms with E-state index in [2.05, 4.69) is 21.5 Å². The first-order valence-electron chi connectivity index (χ1n) is 15.3. The summed E-state index contributed by atoms with van der Waals surface area (Å²) in [5, 5.41) is 0.548. The molecule has 1 aliphatic rings. The third kappa shape index (κ3) is 7.67. The Morgan fingerprint density at radius 3 is 2.59 bits per heavy atom. The molecule has 1 aliphatic heterocycles. The summed E-state index contributed by atoms with van der Waals surface area (Å²) >= 11 is 0. The molecule has 0 radical (unpaired) electrons. The number of halogens is 3. The molecule has 1 unspecified atom stereocenters. The number of aromatic nitrogens is 1. The minimum Gasteiger partial charge on any atom is -0.493 e. The first-order valence-corrected chi connectivity index (χ1v) is 16.8. The number of nitrogens with one attached hydrogen (secondary N) is 1. The largest absolute Gasteiger partial charge is 0.493 e. The van der Waals surface area contributed by atoms with E-state index in [1.807, 2.05) is 0 Å². The zero-order chi connectivity index (χ0) is 32.9. The monoisotopic (exact) mass is 657 g/mol. The molecule has 1 N–H and O–H groups in total. The molecule has 1 aromatic heterocycles. The van der Waals surface area contributed by atoms with Crippen LogP contribution in [0.4, 0.5) is 18.9 Å². The Kier molecular flexibility index (Phi) is 10.3. The first-order chi connectivity index (χ1) is 22.0. The molecule has 0 bridgehead atoms. The number of benzene rings is 3. The fourth-order valence-electron chi connectivity index (χ4n) is 5.62. The van der Waals surface area contributed by atoms with Gasteiger partial charge in [0.05, 0.1) is 29.8 Å². The van der Waals surface area contributed by atoms with Gasteiger partial charge in [-0.15, -0.1) is 0 Å². The number of ether oxygens (including phenoxy) is 3. The topological polar surface area (TPSA) is 90.0 Å². The Morgan fingerprint density at radius 2 is 1.85 bits per heavy atom. The smallest absolute Gasteiger partial charge is 0.274 e. The van der Waals surface area contributed by atoms with Crippen LogP contribution in [0.5, 0.6) is 23.0 Å². The van der Waals surface area contributed by atoms with Gasteiger partial charge >= 0.3 is 0 Å². The summed E-state index contributed by atoms with van der Waals surface area (Å²) in [7, 11) is -2.93. The molecular formula is C34H38F3N3O5S. The van der Waals surface area contributed by atoms with E-state index in [0.717, 1.165) is 44.3 Å². The number of hydrogen-bond acceptors (Lipinski definition) is 7. The predicted molar refractivity (Wildman–Crippen MR) is 171 cm³/mol. The maximum atomic E-state index is 15.2. The SMILES string of the molecule is CCC(F)(F)c1ccccc1S(=O)(=O)Nc1ccc(Oc2ccnc3cc(OCCCN4CCCC(C)C4)c(OC)cc23)c(F)c1. The standard InChI is InChI=1S/C34H38F3N3O5S/c1-4-34(36,37)26-10-5-6-11-33(26)46(41,42)39-24-12-13-30(27(35)19-24)45-29-14-15-38-28-21-32(31(43-3)20-25(28)29)44-18-8-17-40-16-7-9-23(2)22-40/h5-6,10-15,19-21,23,39H,4,7-9,16-18,22H2,1-3H3. The van der Waals surface area contributed by atoms with Crippen molar-refractivity contribution in [1.82, 2.24) is 9.88 Å². The van der Waals surface area contributed by atoms with Gasteiger partial charge in [0.1, 0.15) is 5.75 Å². The van der Waals surface area contributed by atoms with Crippen LogP contribution in [0.3, 0.4) is 0 Å². The highest BCUT2D eigenvalue weighted by molar-refractivity contribution is 7.92. The second kappa shape index (κ2) is 14.2. The lowest BCUT2D eigenvalue weighted by molar-refractivity contribution is -0.0112. The molecule has 5 rings (SSSR count). The molecule has 0 aliphatic carbocycles. The fourth-order valence-corrected chi connectivity index (χ4v) is 6.93. The van der Waals surface area contributed by atoms with Crippen LogP contribution < -0.4 is 18.9 Å². The van der Waals surface area contributed by atoms with Crippen LogP contribution in [-0.4, -0.2) is 51.7 Å². The van der Waals surface area contributed by atoms with Crippen LogP contribution in [0.1, 0.15) is 45.1 Å². The number of fused-ring (bicyclic) bond motifs is 1. The number of alkyl halides is 2. The number of piperidine rings is 1. The molecule has 46 heavy (non-hydrogen) atoms. The van der Waals surface area contributed by atoms with Crippen molar-refractivity contribution in [2.24, 2.45) is 5.92 Å². The lowest BCUT2D eigenvalue weighted by Gasteiger charge is -2.30. The second-order valence-electron chi connectivity index (χ2n) is 11.5. The average Bonchev–Trinajstić information content (AvgIpc) is 3.04. The van der Waals surface area contributed by atoms with Crippen LogP contribution in [0.15, 0.2) is 71.8 Å². The van der Waals surface area contributed by atoms with Gasteiger partial charge < -0.3 is 19.1 Å². The molecule has 0 amide bonds. The highest BCUT2D eigenvalue weighted by Gasteiger charge is 2.35. The van der Waals surface area contributed by atoms with Gasteiger partial charge in [0, 0.05) is 48.8 Å². The number of likely N-dealkylation sites (tertiary alicyclic amines) is 1. The summed E-state index contributed by atoms with van der Waals surface area (Å²) in [6.45, 7) is 7.24. The molecule has 0 saturated carbocycles. The molecule has 4 aromatic rings. The van der Waals surface area contributed by atoms with Gasteiger partial charge in [-0.25, -0.2) is 21.6 Å². The normalized spacial score (nSPS) is 15.9. The molecule has 1 saturated heterocycles. The van der Waals surface area contributed by atoms with Crippen molar-refractivity contribution in [3.8, 4) is 23.0 Å². The van der Waals surface area contributed by atoms with Crippen LogP contribution in [0.2, 0.25) is 0 Å². The highest BCUT2D eigenvalue weighted by Crippen LogP contribution is 2.39. The predicted octanol–water partition coefficient (Wildman–Crippen LogP) is 7.98. The Bertz CT molecular complexity index is 1790. The highest BCUT2D eigenvalue weighted by atomic mass is 32.2. The number of hydrogen-bond donors (Lipinski definition) is 1. The molecule has 246 valence electrons. The van der Waals surface area contributed by atoms with Crippen molar-refractivity contribution < 1.29 is 35.8 Å². The van der Waals surface area contributed by atoms with Crippen LogP contribution in [-0.2, 0) is 15.9 Å². The van der Waals surface area contributed by atoms with Crippen LogP contribution in [0, 0.1) is 11.7 Å². The summed E-state index contributed by atoms with van der Waals surface area (Å²) in [5.74, 6) is -2.40. The van der Waals surface area contributed by atoms with Crippen molar-refractivity contribution in [2.75, 3.05) is 38.1 Å². The number of sulfonamides is 1. The van der Waals surface area contributed by atoms with Gasteiger partial charge in [-0.2, -0.15) is 0 Å². The van der Waals surface area contributed by atoms with Crippen LogP contribution >= 0.6 is 0 Å². The number of methoxy groups -OCH3 is 1. The molecule has 1 fully saturated rings. The Labute approximate surface area is 267 Å². The molecular weight excluding hydrogens is 619 g/mol.